The average molecular weight is 322 g/mol. The first-order valence-electron chi connectivity index (χ1n) is 7.56. The second-order valence-electron chi connectivity index (χ2n) is 5.26. The van der Waals surface area contributed by atoms with Crippen LogP contribution in [-0.4, -0.2) is 22.7 Å². The molecule has 0 bridgehead atoms. The fourth-order valence-corrected chi connectivity index (χ4v) is 2.18. The molecule has 0 saturated carbocycles. The zero-order valence-electron chi connectivity index (χ0n) is 13.1. The number of aromatic hydroxyl groups is 2. The molecule has 122 valence electrons. The highest BCUT2D eigenvalue weighted by atomic mass is 16.3. The van der Waals surface area contributed by atoms with Gasteiger partial charge in [-0.3, -0.25) is 4.79 Å². The van der Waals surface area contributed by atoms with Crippen LogP contribution in [0.15, 0.2) is 54.1 Å². The lowest BCUT2D eigenvalue weighted by atomic mass is 10.1. The Morgan fingerprint density at radius 2 is 1.88 bits per heavy atom. The van der Waals surface area contributed by atoms with E-state index in [0.29, 0.717) is 12.1 Å². The number of hydrogen-bond acceptors (Lipinski definition) is 4. The van der Waals surface area contributed by atoms with Crippen molar-refractivity contribution in [3.8, 4) is 17.6 Å². The molecule has 1 amide bonds. The molecule has 0 aliphatic heterocycles. The average Bonchev–Trinajstić information content (AvgIpc) is 2.60. The number of hydrogen-bond donors (Lipinski definition) is 3. The Morgan fingerprint density at radius 3 is 2.54 bits per heavy atom. The monoisotopic (exact) mass is 322 g/mol. The molecule has 5 nitrogen and oxygen atoms in total. The van der Waals surface area contributed by atoms with Gasteiger partial charge in [-0.25, -0.2) is 0 Å². The van der Waals surface area contributed by atoms with Crippen molar-refractivity contribution in [2.75, 3.05) is 6.54 Å². The molecule has 0 aliphatic carbocycles. The number of phenols is 2. The van der Waals surface area contributed by atoms with Crippen LogP contribution >= 0.6 is 0 Å². The maximum absolute atomic E-state index is 12.0. The lowest BCUT2D eigenvalue weighted by molar-refractivity contribution is -0.117. The van der Waals surface area contributed by atoms with Crippen LogP contribution in [0.3, 0.4) is 0 Å². The smallest absolute Gasteiger partial charge is 0.261 e. The van der Waals surface area contributed by atoms with E-state index in [2.05, 4.69) is 5.32 Å². The van der Waals surface area contributed by atoms with Gasteiger partial charge >= 0.3 is 0 Å². The number of benzene rings is 2. The molecule has 5 heteroatoms. The van der Waals surface area contributed by atoms with Gasteiger partial charge in [-0.1, -0.05) is 36.4 Å². The van der Waals surface area contributed by atoms with Crippen molar-refractivity contribution in [2.24, 2.45) is 0 Å². The van der Waals surface area contributed by atoms with Crippen molar-refractivity contribution in [3.05, 3.63) is 65.2 Å². The van der Waals surface area contributed by atoms with Crippen LogP contribution in [0.1, 0.15) is 17.5 Å². The summed E-state index contributed by atoms with van der Waals surface area (Å²) in [5.74, 6) is -1.02. The standard InChI is InChI=1S/C19H18N2O3/c20-13-16(11-15-8-9-17(22)18(23)12-15)19(24)21-10-4-7-14-5-2-1-3-6-14/h1-3,5-6,8-9,11-12,22-23H,4,7,10H2,(H,21,24). The van der Waals surface area contributed by atoms with E-state index in [4.69, 9.17) is 5.26 Å². The molecule has 0 radical (unpaired) electrons. The summed E-state index contributed by atoms with van der Waals surface area (Å²) in [5.41, 5.74) is 1.60. The van der Waals surface area contributed by atoms with Crippen molar-refractivity contribution in [1.82, 2.24) is 5.32 Å². The van der Waals surface area contributed by atoms with E-state index < -0.39 is 5.91 Å². The summed E-state index contributed by atoms with van der Waals surface area (Å²) in [6, 6.07) is 15.9. The summed E-state index contributed by atoms with van der Waals surface area (Å²) in [6.07, 6.45) is 2.98. The Bertz CT molecular complexity index is 777. The summed E-state index contributed by atoms with van der Waals surface area (Å²) in [6.45, 7) is 0.466. The number of nitrogens with one attached hydrogen (secondary N) is 1. The minimum Gasteiger partial charge on any atom is -0.504 e. The molecule has 0 aromatic heterocycles. The Labute approximate surface area is 140 Å². The normalized spacial score (nSPS) is 10.9. The van der Waals surface area contributed by atoms with Gasteiger partial charge in [0.25, 0.3) is 5.91 Å². The number of carbonyl (C=O) groups is 1. The van der Waals surface area contributed by atoms with Crippen LogP contribution in [0, 0.1) is 11.3 Å². The molecule has 0 aliphatic rings. The number of nitriles is 1. The minimum absolute atomic E-state index is 0.0557. The number of phenolic OH excluding ortho intramolecular Hbond substituents is 2. The minimum atomic E-state index is -0.460. The van der Waals surface area contributed by atoms with Gasteiger partial charge in [0.05, 0.1) is 0 Å². The van der Waals surface area contributed by atoms with Gasteiger partial charge < -0.3 is 15.5 Å². The zero-order valence-corrected chi connectivity index (χ0v) is 13.1. The topological polar surface area (TPSA) is 93.3 Å². The van der Waals surface area contributed by atoms with Crippen LogP contribution in [0.5, 0.6) is 11.5 Å². The third-order valence-corrected chi connectivity index (χ3v) is 3.45. The SMILES string of the molecule is N#CC(=Cc1ccc(O)c(O)c1)C(=O)NCCCc1ccccc1. The maximum atomic E-state index is 12.0. The molecule has 0 spiro atoms. The molecule has 2 aromatic rings. The third kappa shape index (κ3) is 4.89. The van der Waals surface area contributed by atoms with Crippen molar-refractivity contribution in [2.45, 2.75) is 12.8 Å². The van der Waals surface area contributed by atoms with Crippen molar-refractivity contribution in [3.63, 3.8) is 0 Å². The molecule has 0 unspecified atom stereocenters. The molecule has 0 fully saturated rings. The van der Waals surface area contributed by atoms with Gasteiger partial charge in [-0.15, -0.1) is 0 Å². The van der Waals surface area contributed by atoms with E-state index in [1.54, 1.807) is 0 Å². The lowest BCUT2D eigenvalue weighted by Gasteiger charge is -2.05. The molecule has 2 aromatic carbocycles. The quantitative estimate of drug-likeness (QED) is 0.330. The van der Waals surface area contributed by atoms with Gasteiger partial charge in [-0.2, -0.15) is 5.26 Å². The Morgan fingerprint density at radius 1 is 1.12 bits per heavy atom. The van der Waals surface area contributed by atoms with E-state index in [-0.39, 0.29) is 17.1 Å². The van der Waals surface area contributed by atoms with E-state index in [1.165, 1.54) is 29.8 Å². The first-order chi connectivity index (χ1) is 11.6. The first-order valence-corrected chi connectivity index (χ1v) is 7.56. The number of carbonyl (C=O) groups excluding carboxylic acids is 1. The number of nitrogens with zero attached hydrogens (tertiary/aromatic N) is 1. The van der Waals surface area contributed by atoms with E-state index in [0.717, 1.165) is 12.8 Å². The van der Waals surface area contributed by atoms with E-state index in [9.17, 15) is 15.0 Å². The Kier molecular flexibility index (Phi) is 5.98. The van der Waals surface area contributed by atoms with Crippen molar-refractivity contribution in [1.29, 1.82) is 5.26 Å². The van der Waals surface area contributed by atoms with Gasteiger partial charge in [-0.05, 0) is 42.2 Å². The number of aryl methyl sites for hydroxylation is 1. The number of rotatable bonds is 6. The van der Waals surface area contributed by atoms with Crippen LogP contribution in [0.25, 0.3) is 6.08 Å². The van der Waals surface area contributed by atoms with Crippen LogP contribution in [-0.2, 0) is 11.2 Å². The summed E-state index contributed by atoms with van der Waals surface area (Å²) >= 11 is 0. The molecular formula is C19H18N2O3. The largest absolute Gasteiger partial charge is 0.504 e. The summed E-state index contributed by atoms with van der Waals surface area (Å²) in [7, 11) is 0. The first kappa shape index (κ1) is 17.1. The molecule has 2 rings (SSSR count). The highest BCUT2D eigenvalue weighted by Crippen LogP contribution is 2.25. The highest BCUT2D eigenvalue weighted by Gasteiger charge is 2.09. The molecule has 24 heavy (non-hydrogen) atoms. The predicted octanol–water partition coefficient (Wildman–Crippen LogP) is 2.75. The van der Waals surface area contributed by atoms with Crippen molar-refractivity contribution < 1.29 is 15.0 Å². The summed E-state index contributed by atoms with van der Waals surface area (Å²) in [5, 5.41) is 30.5. The van der Waals surface area contributed by atoms with Crippen LogP contribution in [0.4, 0.5) is 0 Å². The fraction of sp³-hybridized carbons (Fsp3) is 0.158. The Hall–Kier alpha value is -3.26. The third-order valence-electron chi connectivity index (χ3n) is 3.45. The second-order valence-corrected chi connectivity index (χ2v) is 5.26. The molecule has 0 heterocycles. The van der Waals surface area contributed by atoms with Gasteiger partial charge in [0, 0.05) is 6.54 Å². The van der Waals surface area contributed by atoms with E-state index in [1.807, 2.05) is 36.4 Å². The van der Waals surface area contributed by atoms with Crippen LogP contribution in [0.2, 0.25) is 0 Å². The molecule has 0 saturated heterocycles. The van der Waals surface area contributed by atoms with Gasteiger partial charge in [0.1, 0.15) is 11.6 Å². The maximum Gasteiger partial charge on any atom is 0.261 e. The molecule has 0 atom stereocenters. The lowest BCUT2D eigenvalue weighted by Crippen LogP contribution is -2.25. The summed E-state index contributed by atoms with van der Waals surface area (Å²) in [4.78, 5) is 12.0. The van der Waals surface area contributed by atoms with Crippen LogP contribution < -0.4 is 5.32 Å². The second kappa shape index (κ2) is 8.39. The van der Waals surface area contributed by atoms with Crippen molar-refractivity contribution >= 4 is 12.0 Å². The number of amides is 1. The van der Waals surface area contributed by atoms with E-state index >= 15 is 0 Å². The van der Waals surface area contributed by atoms with Gasteiger partial charge in [0.15, 0.2) is 11.5 Å². The Balaban J connectivity index is 1.90. The fourth-order valence-electron chi connectivity index (χ4n) is 2.18. The highest BCUT2D eigenvalue weighted by molar-refractivity contribution is 6.01. The van der Waals surface area contributed by atoms with Gasteiger partial charge in [0.2, 0.25) is 0 Å². The molecular weight excluding hydrogens is 304 g/mol. The molecule has 3 N–H and O–H groups in total. The zero-order chi connectivity index (χ0) is 17.4. The predicted molar refractivity (Wildman–Crippen MR) is 91.1 cm³/mol. The summed E-state index contributed by atoms with van der Waals surface area (Å²) < 4.78 is 0.